The van der Waals surface area contributed by atoms with Gasteiger partial charge in [0.2, 0.25) is 0 Å². The molecular formula is C21H26N4O3. The molecule has 1 aromatic carbocycles. The summed E-state index contributed by atoms with van der Waals surface area (Å²) < 4.78 is 5.43. The summed E-state index contributed by atoms with van der Waals surface area (Å²) in [4.78, 5) is 35.7. The number of nitrogens with one attached hydrogen (secondary N) is 1. The second-order valence-corrected chi connectivity index (χ2v) is 7.53. The van der Waals surface area contributed by atoms with Crippen molar-refractivity contribution in [3.8, 4) is 0 Å². The van der Waals surface area contributed by atoms with E-state index in [1.54, 1.807) is 6.07 Å². The van der Waals surface area contributed by atoms with Crippen molar-refractivity contribution in [2.75, 3.05) is 44.3 Å². The zero-order valence-electron chi connectivity index (χ0n) is 16.2. The van der Waals surface area contributed by atoms with Crippen LogP contribution < -0.4 is 10.5 Å². The minimum atomic E-state index is -0.150. The summed E-state index contributed by atoms with van der Waals surface area (Å²) in [5.41, 5.74) is 3.61. The lowest BCUT2D eigenvalue weighted by Crippen LogP contribution is -2.39. The molecule has 0 saturated carbocycles. The Kier molecular flexibility index (Phi) is 5.43. The maximum absolute atomic E-state index is 13.1. The first-order valence-corrected chi connectivity index (χ1v) is 9.89. The number of aromatic nitrogens is 2. The average molecular weight is 382 g/mol. The lowest BCUT2D eigenvalue weighted by molar-refractivity contribution is 0.0705. The zero-order valence-corrected chi connectivity index (χ0v) is 16.2. The Morgan fingerprint density at radius 2 is 2.04 bits per heavy atom. The smallest absolute Gasteiger partial charge is 0.253 e. The van der Waals surface area contributed by atoms with Crippen LogP contribution in [0.25, 0.3) is 0 Å². The van der Waals surface area contributed by atoms with Gasteiger partial charge in [-0.15, -0.1) is 0 Å². The van der Waals surface area contributed by atoms with E-state index in [2.05, 4.69) is 21.8 Å². The third-order valence-corrected chi connectivity index (χ3v) is 5.62. The summed E-state index contributed by atoms with van der Waals surface area (Å²) in [6, 6.07) is 7.50. The molecule has 1 amide bonds. The fourth-order valence-electron chi connectivity index (χ4n) is 4.14. The molecular weight excluding hydrogens is 356 g/mol. The molecule has 0 spiro atoms. The number of ether oxygens (including phenoxy) is 1. The van der Waals surface area contributed by atoms with Gasteiger partial charge in [0, 0.05) is 49.4 Å². The molecule has 7 heteroatoms. The van der Waals surface area contributed by atoms with Crippen molar-refractivity contribution >= 4 is 11.6 Å². The second kappa shape index (κ2) is 8.14. The molecule has 2 aliphatic rings. The number of aromatic amines is 1. The third kappa shape index (κ3) is 3.94. The van der Waals surface area contributed by atoms with Gasteiger partial charge < -0.3 is 19.5 Å². The van der Waals surface area contributed by atoms with E-state index < -0.39 is 0 Å². The Morgan fingerprint density at radius 1 is 1.21 bits per heavy atom. The highest BCUT2D eigenvalue weighted by Gasteiger charge is 2.27. The van der Waals surface area contributed by atoms with E-state index in [1.165, 1.54) is 12.0 Å². The zero-order chi connectivity index (χ0) is 19.5. The molecule has 0 bridgehead atoms. The number of rotatable bonds is 3. The molecule has 0 radical (unpaired) electrons. The lowest BCUT2D eigenvalue weighted by atomic mass is 9.94. The average Bonchev–Trinajstić information content (AvgIpc) is 2.74. The monoisotopic (exact) mass is 382 g/mol. The topological polar surface area (TPSA) is 78.5 Å². The number of piperidine rings is 1. The molecule has 1 atom stereocenters. The number of morpholine rings is 1. The van der Waals surface area contributed by atoms with Crippen molar-refractivity contribution in [1.82, 2.24) is 14.9 Å². The minimum absolute atomic E-state index is 0.0474. The SMILES string of the molecule is Cc1cc(C(=O)N2CCCC(c3cc(=O)[nH]cn3)C2)ccc1N1CCOCC1. The highest BCUT2D eigenvalue weighted by Crippen LogP contribution is 2.27. The van der Waals surface area contributed by atoms with Gasteiger partial charge in [-0.2, -0.15) is 0 Å². The number of H-pyrrole nitrogens is 1. The van der Waals surface area contributed by atoms with Crippen LogP contribution in [0, 0.1) is 6.92 Å². The molecule has 2 saturated heterocycles. The molecule has 1 aromatic heterocycles. The van der Waals surface area contributed by atoms with E-state index >= 15 is 0 Å². The summed E-state index contributed by atoms with van der Waals surface area (Å²) in [7, 11) is 0. The maximum atomic E-state index is 13.1. The van der Waals surface area contributed by atoms with E-state index in [9.17, 15) is 9.59 Å². The first kappa shape index (κ1) is 18.7. The molecule has 2 aliphatic heterocycles. The summed E-state index contributed by atoms with van der Waals surface area (Å²) in [6.07, 6.45) is 3.29. The molecule has 2 fully saturated rings. The fraction of sp³-hybridized carbons (Fsp3) is 0.476. The Hall–Kier alpha value is -2.67. The highest BCUT2D eigenvalue weighted by molar-refractivity contribution is 5.95. The van der Waals surface area contributed by atoms with Crippen LogP contribution in [0.5, 0.6) is 0 Å². The predicted octanol–water partition coefficient (Wildman–Crippen LogP) is 1.93. The number of nitrogens with zero attached hydrogens (tertiary/aromatic N) is 3. The van der Waals surface area contributed by atoms with Crippen LogP contribution in [0.3, 0.4) is 0 Å². The first-order valence-electron chi connectivity index (χ1n) is 9.89. The van der Waals surface area contributed by atoms with Crippen LogP contribution in [0.2, 0.25) is 0 Å². The van der Waals surface area contributed by atoms with Gasteiger partial charge in [-0.3, -0.25) is 9.59 Å². The molecule has 1 unspecified atom stereocenters. The molecule has 0 aliphatic carbocycles. The van der Waals surface area contributed by atoms with Crippen molar-refractivity contribution < 1.29 is 9.53 Å². The van der Waals surface area contributed by atoms with Gasteiger partial charge >= 0.3 is 0 Å². The summed E-state index contributed by atoms with van der Waals surface area (Å²) >= 11 is 0. The molecule has 148 valence electrons. The van der Waals surface area contributed by atoms with Crippen LogP contribution >= 0.6 is 0 Å². The van der Waals surface area contributed by atoms with Crippen molar-refractivity contribution in [3.05, 3.63) is 57.8 Å². The Labute approximate surface area is 164 Å². The number of amides is 1. The second-order valence-electron chi connectivity index (χ2n) is 7.53. The number of carbonyl (C=O) groups excluding carboxylic acids is 1. The van der Waals surface area contributed by atoms with Crippen molar-refractivity contribution in [2.45, 2.75) is 25.7 Å². The Balaban J connectivity index is 1.49. The van der Waals surface area contributed by atoms with Crippen LogP contribution in [-0.4, -0.2) is 60.2 Å². The van der Waals surface area contributed by atoms with Crippen molar-refractivity contribution in [2.24, 2.45) is 0 Å². The fourth-order valence-corrected chi connectivity index (χ4v) is 4.14. The normalized spacial score (nSPS) is 20.2. The third-order valence-electron chi connectivity index (χ3n) is 5.62. The molecule has 3 heterocycles. The van der Waals surface area contributed by atoms with Crippen LogP contribution in [0.15, 0.2) is 35.4 Å². The van der Waals surface area contributed by atoms with E-state index in [4.69, 9.17) is 4.74 Å². The van der Waals surface area contributed by atoms with Gasteiger partial charge in [0.25, 0.3) is 11.5 Å². The molecule has 4 rings (SSSR count). The largest absolute Gasteiger partial charge is 0.378 e. The van der Waals surface area contributed by atoms with E-state index in [0.717, 1.165) is 56.9 Å². The lowest BCUT2D eigenvalue weighted by Gasteiger charge is -2.33. The van der Waals surface area contributed by atoms with Crippen LogP contribution in [0.4, 0.5) is 5.69 Å². The van der Waals surface area contributed by atoms with Crippen molar-refractivity contribution in [3.63, 3.8) is 0 Å². The Morgan fingerprint density at radius 3 is 2.79 bits per heavy atom. The van der Waals surface area contributed by atoms with Gasteiger partial charge in [-0.25, -0.2) is 4.98 Å². The summed E-state index contributed by atoms with van der Waals surface area (Å²) in [5, 5.41) is 0. The number of likely N-dealkylation sites (tertiary alicyclic amines) is 1. The maximum Gasteiger partial charge on any atom is 0.253 e. The molecule has 28 heavy (non-hydrogen) atoms. The van der Waals surface area contributed by atoms with E-state index in [0.29, 0.717) is 12.1 Å². The van der Waals surface area contributed by atoms with Gasteiger partial charge in [0.1, 0.15) is 0 Å². The van der Waals surface area contributed by atoms with Gasteiger partial charge in [0.05, 0.1) is 25.2 Å². The van der Waals surface area contributed by atoms with Crippen molar-refractivity contribution in [1.29, 1.82) is 0 Å². The quantitative estimate of drug-likeness (QED) is 0.878. The number of benzene rings is 1. The van der Waals surface area contributed by atoms with Gasteiger partial charge in [-0.05, 0) is 43.5 Å². The predicted molar refractivity (Wildman–Crippen MR) is 107 cm³/mol. The van der Waals surface area contributed by atoms with E-state index in [1.807, 2.05) is 23.1 Å². The standard InChI is InChI=1S/C21H26N4O3/c1-15-11-16(4-5-19(15)24-7-9-28-10-8-24)21(27)25-6-2-3-17(13-25)18-12-20(26)23-14-22-18/h4-5,11-12,14,17H,2-3,6-10,13H2,1H3,(H,22,23,26). The molecule has 7 nitrogen and oxygen atoms in total. The molecule has 2 aromatic rings. The number of anilines is 1. The van der Waals surface area contributed by atoms with Gasteiger partial charge in [-0.1, -0.05) is 0 Å². The Bertz CT molecular complexity index is 905. The van der Waals surface area contributed by atoms with Crippen LogP contribution in [0.1, 0.15) is 40.4 Å². The number of hydrogen-bond acceptors (Lipinski definition) is 5. The van der Waals surface area contributed by atoms with Gasteiger partial charge in [0.15, 0.2) is 0 Å². The minimum Gasteiger partial charge on any atom is -0.378 e. The first-order chi connectivity index (χ1) is 13.6. The number of aryl methyl sites for hydroxylation is 1. The number of carbonyl (C=O) groups is 1. The molecule has 1 N–H and O–H groups in total. The highest BCUT2D eigenvalue weighted by atomic mass is 16.5. The number of hydrogen-bond donors (Lipinski definition) is 1. The summed E-state index contributed by atoms with van der Waals surface area (Å²) in [6.45, 7) is 6.64. The van der Waals surface area contributed by atoms with E-state index in [-0.39, 0.29) is 17.4 Å². The summed E-state index contributed by atoms with van der Waals surface area (Å²) in [5.74, 6) is 0.153. The van der Waals surface area contributed by atoms with Crippen LogP contribution in [-0.2, 0) is 4.74 Å².